The first-order valence-corrected chi connectivity index (χ1v) is 10.8. The van der Waals surface area contributed by atoms with Crippen LogP contribution in [0.2, 0.25) is 0 Å². The molecule has 2 N–H and O–H groups in total. The van der Waals surface area contributed by atoms with Crippen molar-refractivity contribution in [2.45, 2.75) is 50.0 Å². The number of aliphatic hydroxyl groups is 1. The minimum absolute atomic E-state index is 0.101. The average molecular weight is 453 g/mol. The molecule has 0 radical (unpaired) electrons. The maximum absolute atomic E-state index is 13.3. The first-order chi connectivity index (χ1) is 14.6. The van der Waals surface area contributed by atoms with E-state index >= 15 is 0 Å². The molecule has 1 aromatic carbocycles. The molecular weight excluding hydrogens is 431 g/mol. The monoisotopic (exact) mass is 453 g/mol. The van der Waals surface area contributed by atoms with Crippen molar-refractivity contribution in [3.05, 3.63) is 45.9 Å². The molecule has 3 aromatic rings. The molecular formula is C21H22F3N3O3S. The quantitative estimate of drug-likeness (QED) is 0.570. The summed E-state index contributed by atoms with van der Waals surface area (Å²) in [4.78, 5) is 20.8. The fraction of sp³-hybridized carbons (Fsp3) is 0.429. The van der Waals surface area contributed by atoms with Crippen LogP contribution in [-0.4, -0.2) is 43.8 Å². The van der Waals surface area contributed by atoms with Crippen molar-refractivity contribution >= 4 is 22.8 Å². The third-order valence-corrected chi connectivity index (χ3v) is 6.43. The lowest BCUT2D eigenvalue weighted by Gasteiger charge is -2.27. The number of thioether (sulfide) groups is 1. The van der Waals surface area contributed by atoms with Gasteiger partial charge in [-0.25, -0.2) is 4.98 Å². The number of aromatic amines is 1. The van der Waals surface area contributed by atoms with Gasteiger partial charge in [0.1, 0.15) is 11.3 Å². The summed E-state index contributed by atoms with van der Waals surface area (Å²) in [5.74, 6) is 0.667. The van der Waals surface area contributed by atoms with Crippen LogP contribution in [0, 0.1) is 6.92 Å². The Morgan fingerprint density at radius 2 is 2.10 bits per heavy atom. The smallest absolute Gasteiger partial charge is 0.422 e. The highest BCUT2D eigenvalue weighted by Gasteiger charge is 2.30. The van der Waals surface area contributed by atoms with E-state index in [-0.39, 0.29) is 11.3 Å². The number of rotatable bonds is 2. The highest BCUT2D eigenvalue weighted by atomic mass is 32.2. The van der Waals surface area contributed by atoms with Gasteiger partial charge >= 0.3 is 6.18 Å². The zero-order valence-corrected chi connectivity index (χ0v) is 17.9. The fourth-order valence-electron chi connectivity index (χ4n) is 3.73. The Balaban J connectivity index is 1.91. The molecule has 166 valence electrons. The standard InChI is InChI=1S/C21H22F3N3O3S/c1-12-13-5-7-20(2,29)8-10-31-19-26-14-6-9-25-17(14)18(28)27(19)15(13)3-4-16(12)30-11-21(22,23)24/h3-4,6,9,25,29H,5,7-8,10-11H2,1-2H3. The molecule has 6 nitrogen and oxygen atoms in total. The summed E-state index contributed by atoms with van der Waals surface area (Å²) in [6, 6.07) is 4.75. The number of ether oxygens (including phenoxy) is 1. The van der Waals surface area contributed by atoms with E-state index in [4.69, 9.17) is 4.74 Å². The summed E-state index contributed by atoms with van der Waals surface area (Å²) in [7, 11) is 0. The lowest BCUT2D eigenvalue weighted by molar-refractivity contribution is -0.153. The molecule has 1 unspecified atom stereocenters. The molecule has 0 amide bonds. The van der Waals surface area contributed by atoms with E-state index in [1.807, 2.05) is 0 Å². The SMILES string of the molecule is Cc1c(OCC(F)(F)F)ccc2c1CCC(C)(O)CCSc1nc3cc[nH]c3c(=O)n1-2. The van der Waals surface area contributed by atoms with Gasteiger partial charge < -0.3 is 14.8 Å². The Kier molecular flexibility index (Phi) is 5.55. The lowest BCUT2D eigenvalue weighted by atomic mass is 9.91. The first-order valence-electron chi connectivity index (χ1n) is 9.83. The van der Waals surface area contributed by atoms with Crippen LogP contribution in [0.5, 0.6) is 5.75 Å². The fourth-order valence-corrected chi connectivity index (χ4v) is 4.93. The van der Waals surface area contributed by atoms with Crippen molar-refractivity contribution in [3.8, 4) is 11.4 Å². The third kappa shape index (κ3) is 4.45. The van der Waals surface area contributed by atoms with E-state index in [1.165, 1.54) is 22.4 Å². The number of nitrogens with zero attached hydrogens (tertiary/aromatic N) is 2. The van der Waals surface area contributed by atoms with Gasteiger partial charge in [-0.2, -0.15) is 13.2 Å². The Bertz CT molecular complexity index is 1180. The maximum Gasteiger partial charge on any atom is 0.422 e. The van der Waals surface area contributed by atoms with E-state index in [1.54, 1.807) is 32.2 Å². The number of hydrogen-bond acceptors (Lipinski definition) is 5. The number of H-pyrrole nitrogens is 1. The molecule has 0 aliphatic carbocycles. The number of halogens is 3. The van der Waals surface area contributed by atoms with Crippen LogP contribution in [0.4, 0.5) is 13.2 Å². The molecule has 3 heterocycles. The number of hydrogen-bond donors (Lipinski definition) is 2. The zero-order chi connectivity index (χ0) is 22.4. The Morgan fingerprint density at radius 3 is 2.84 bits per heavy atom. The highest BCUT2D eigenvalue weighted by molar-refractivity contribution is 7.99. The van der Waals surface area contributed by atoms with Crippen molar-refractivity contribution < 1.29 is 23.0 Å². The summed E-state index contributed by atoms with van der Waals surface area (Å²) >= 11 is 1.37. The number of aromatic nitrogens is 3. The van der Waals surface area contributed by atoms with Crippen molar-refractivity contribution in [1.29, 1.82) is 0 Å². The van der Waals surface area contributed by atoms with E-state index in [2.05, 4.69) is 9.97 Å². The molecule has 2 aromatic heterocycles. The summed E-state index contributed by atoms with van der Waals surface area (Å²) in [5.41, 5.74) is 1.34. The predicted octanol–water partition coefficient (Wildman–Crippen LogP) is 4.14. The van der Waals surface area contributed by atoms with E-state index in [0.717, 1.165) is 0 Å². The molecule has 1 atom stereocenters. The molecule has 0 bridgehead atoms. The normalized spacial score (nSPS) is 19.7. The van der Waals surface area contributed by atoms with Crippen molar-refractivity contribution in [2.75, 3.05) is 12.4 Å². The third-order valence-electron chi connectivity index (χ3n) is 5.49. The largest absolute Gasteiger partial charge is 0.484 e. The van der Waals surface area contributed by atoms with Gasteiger partial charge in [0.2, 0.25) is 0 Å². The molecule has 1 aliphatic heterocycles. The first kappa shape index (κ1) is 21.8. The second kappa shape index (κ2) is 7.90. The lowest BCUT2D eigenvalue weighted by Crippen LogP contribution is -2.29. The van der Waals surface area contributed by atoms with E-state index in [9.17, 15) is 23.1 Å². The van der Waals surface area contributed by atoms with Crippen LogP contribution in [-0.2, 0) is 6.42 Å². The maximum atomic E-state index is 13.3. The summed E-state index contributed by atoms with van der Waals surface area (Å²) in [6.07, 6.45) is -1.57. The van der Waals surface area contributed by atoms with Crippen molar-refractivity contribution in [2.24, 2.45) is 0 Å². The average Bonchev–Trinajstić information content (AvgIpc) is 3.14. The van der Waals surface area contributed by atoms with Gasteiger partial charge in [-0.05, 0) is 62.4 Å². The van der Waals surface area contributed by atoms with Crippen LogP contribution in [0.1, 0.15) is 30.9 Å². The van der Waals surface area contributed by atoms with Crippen LogP contribution < -0.4 is 10.3 Å². The van der Waals surface area contributed by atoms with Crippen molar-refractivity contribution in [3.63, 3.8) is 0 Å². The van der Waals surface area contributed by atoms with Crippen LogP contribution in [0.25, 0.3) is 16.7 Å². The summed E-state index contributed by atoms with van der Waals surface area (Å²) in [5, 5.41) is 11.2. The Labute approximate surface area is 180 Å². The molecule has 0 fully saturated rings. The molecule has 31 heavy (non-hydrogen) atoms. The van der Waals surface area contributed by atoms with Gasteiger partial charge in [-0.15, -0.1) is 0 Å². The second-order valence-corrected chi connectivity index (χ2v) is 9.02. The van der Waals surface area contributed by atoms with E-state index < -0.39 is 18.4 Å². The number of fused-ring (bicyclic) bond motifs is 4. The zero-order valence-electron chi connectivity index (χ0n) is 17.0. The molecule has 0 spiro atoms. The van der Waals surface area contributed by atoms with Gasteiger partial charge in [0.05, 0.1) is 16.8 Å². The Hall–Kier alpha value is -2.46. The molecule has 1 aliphatic rings. The summed E-state index contributed by atoms with van der Waals surface area (Å²) in [6.45, 7) is 2.01. The number of alkyl halides is 3. The van der Waals surface area contributed by atoms with Gasteiger partial charge in [0.25, 0.3) is 5.56 Å². The van der Waals surface area contributed by atoms with E-state index in [0.29, 0.717) is 58.0 Å². The molecule has 4 rings (SSSR count). The minimum atomic E-state index is -4.46. The summed E-state index contributed by atoms with van der Waals surface area (Å²) < 4.78 is 44.6. The topological polar surface area (TPSA) is 80.1 Å². The Morgan fingerprint density at radius 1 is 1.32 bits per heavy atom. The van der Waals surface area contributed by atoms with Gasteiger partial charge in [0.15, 0.2) is 11.8 Å². The predicted molar refractivity (Wildman–Crippen MR) is 112 cm³/mol. The minimum Gasteiger partial charge on any atom is -0.484 e. The second-order valence-electron chi connectivity index (χ2n) is 7.96. The highest BCUT2D eigenvalue weighted by Crippen LogP contribution is 2.34. The molecule has 0 saturated heterocycles. The van der Waals surface area contributed by atoms with Crippen LogP contribution >= 0.6 is 11.8 Å². The molecule has 0 saturated carbocycles. The van der Waals surface area contributed by atoms with Gasteiger partial charge in [-0.3, -0.25) is 9.36 Å². The number of benzene rings is 1. The van der Waals surface area contributed by atoms with Crippen LogP contribution in [0.15, 0.2) is 34.3 Å². The van der Waals surface area contributed by atoms with Crippen molar-refractivity contribution in [1.82, 2.24) is 14.5 Å². The number of nitrogens with one attached hydrogen (secondary N) is 1. The van der Waals surface area contributed by atoms with Crippen LogP contribution in [0.3, 0.4) is 0 Å². The molecule has 10 heteroatoms. The van der Waals surface area contributed by atoms with Gasteiger partial charge in [-0.1, -0.05) is 11.8 Å². The van der Waals surface area contributed by atoms with Gasteiger partial charge in [0, 0.05) is 11.9 Å².